The molecule has 1 aromatic carbocycles. The second kappa shape index (κ2) is 7.91. The molecule has 0 radical (unpaired) electrons. The van der Waals surface area contributed by atoms with E-state index in [1.165, 1.54) is 19.2 Å². The molecule has 0 aromatic heterocycles. The summed E-state index contributed by atoms with van der Waals surface area (Å²) >= 11 is 0. The van der Waals surface area contributed by atoms with Crippen molar-refractivity contribution in [1.29, 1.82) is 0 Å². The van der Waals surface area contributed by atoms with E-state index in [1.807, 2.05) is 0 Å². The molecule has 0 heterocycles. The first-order valence-corrected chi connectivity index (χ1v) is 5.41. The number of halogens is 3. The summed E-state index contributed by atoms with van der Waals surface area (Å²) in [4.78, 5) is 11.2. The number of esters is 1. The number of carbonyl (C=O) groups excluding carboxylic acids is 1. The Morgan fingerprint density at radius 3 is 2.63 bits per heavy atom. The molecule has 1 aromatic rings. The Hall–Kier alpha value is -1.40. The van der Waals surface area contributed by atoms with Crippen molar-refractivity contribution in [3.8, 4) is 5.75 Å². The van der Waals surface area contributed by atoms with Gasteiger partial charge in [0.1, 0.15) is 11.6 Å². The fourth-order valence-electron chi connectivity index (χ4n) is 1.43. The van der Waals surface area contributed by atoms with Crippen molar-refractivity contribution in [2.24, 2.45) is 5.73 Å². The van der Waals surface area contributed by atoms with Gasteiger partial charge in [-0.3, -0.25) is 0 Å². The molecule has 108 valence electrons. The van der Waals surface area contributed by atoms with Crippen LogP contribution in [0.3, 0.4) is 0 Å². The molecule has 0 saturated carbocycles. The number of rotatable bonds is 5. The van der Waals surface area contributed by atoms with Crippen LogP contribution >= 0.6 is 12.4 Å². The molecule has 0 spiro atoms. The van der Waals surface area contributed by atoms with E-state index >= 15 is 0 Å². The number of methoxy groups -OCH3 is 1. The molecule has 4 nitrogen and oxygen atoms in total. The Labute approximate surface area is 116 Å². The summed E-state index contributed by atoms with van der Waals surface area (Å²) < 4.78 is 36.6. The van der Waals surface area contributed by atoms with Gasteiger partial charge < -0.3 is 15.2 Å². The number of hydrogen-bond acceptors (Lipinski definition) is 4. The molecule has 0 amide bonds. The second-order valence-electron chi connectivity index (χ2n) is 3.57. The molecule has 0 aliphatic rings. The zero-order chi connectivity index (χ0) is 13.7. The fraction of sp³-hybridized carbons (Fsp3) is 0.417. The smallest absolute Gasteiger partial charge is 0.342 e. The molecule has 1 rings (SSSR count). The van der Waals surface area contributed by atoms with Gasteiger partial charge in [-0.05, 0) is 25.1 Å². The lowest BCUT2D eigenvalue weighted by molar-refractivity contribution is -0.149. The third-order valence-electron chi connectivity index (χ3n) is 2.39. The van der Waals surface area contributed by atoms with Gasteiger partial charge in [0.2, 0.25) is 6.17 Å². The van der Waals surface area contributed by atoms with E-state index in [4.69, 9.17) is 10.5 Å². The Kier molecular flexibility index (Phi) is 7.33. The number of ether oxygens (including phenoxy) is 2. The lowest BCUT2D eigenvalue weighted by Gasteiger charge is -2.17. The number of hydrogen-bond donors (Lipinski definition) is 1. The van der Waals surface area contributed by atoms with Gasteiger partial charge in [-0.1, -0.05) is 0 Å². The molecule has 0 fully saturated rings. The summed E-state index contributed by atoms with van der Waals surface area (Å²) in [5, 5.41) is 0. The Morgan fingerprint density at radius 1 is 1.47 bits per heavy atom. The normalized spacial score (nSPS) is 13.1. The van der Waals surface area contributed by atoms with Crippen molar-refractivity contribution in [3.63, 3.8) is 0 Å². The van der Waals surface area contributed by atoms with Gasteiger partial charge in [-0.15, -0.1) is 12.4 Å². The lowest BCUT2D eigenvalue weighted by atomic mass is 10.0. The van der Waals surface area contributed by atoms with Gasteiger partial charge in [-0.2, -0.15) is 0 Å². The van der Waals surface area contributed by atoms with Gasteiger partial charge >= 0.3 is 5.97 Å². The van der Waals surface area contributed by atoms with E-state index in [0.717, 1.165) is 6.07 Å². The molecule has 19 heavy (non-hydrogen) atoms. The van der Waals surface area contributed by atoms with Crippen molar-refractivity contribution in [1.82, 2.24) is 0 Å². The summed E-state index contributed by atoms with van der Waals surface area (Å²) in [7, 11) is 1.39. The Balaban J connectivity index is 0.00000324. The molecule has 2 N–H and O–H groups in total. The van der Waals surface area contributed by atoms with Crippen molar-refractivity contribution in [3.05, 3.63) is 29.6 Å². The number of nitrogens with two attached hydrogens (primary N) is 1. The predicted molar refractivity (Wildman–Crippen MR) is 68.7 cm³/mol. The number of carbonyl (C=O) groups is 1. The van der Waals surface area contributed by atoms with E-state index in [0.29, 0.717) is 5.75 Å². The third-order valence-corrected chi connectivity index (χ3v) is 2.39. The standard InChI is InChI=1S/C12H15F2NO3.ClH/c1-3-18-12(16)10(14)11(15)8-6-7(17-2)4-5-9(8)13;/h4-6,10-11H,3,15H2,1-2H3;1H/t10?,11-;/m1./s1. The molecule has 0 aliphatic heterocycles. The summed E-state index contributed by atoms with van der Waals surface area (Å²) in [6, 6.07) is 2.31. The first-order valence-electron chi connectivity index (χ1n) is 5.41. The van der Waals surface area contributed by atoms with E-state index in [9.17, 15) is 13.6 Å². The van der Waals surface area contributed by atoms with Crippen molar-refractivity contribution in [2.45, 2.75) is 19.1 Å². The molecule has 0 aliphatic carbocycles. The largest absolute Gasteiger partial charge is 0.497 e. The lowest BCUT2D eigenvalue weighted by Crippen LogP contribution is -2.32. The summed E-state index contributed by atoms with van der Waals surface area (Å²) in [5.41, 5.74) is 5.39. The minimum Gasteiger partial charge on any atom is -0.497 e. The van der Waals surface area contributed by atoms with Crippen molar-refractivity contribution < 1.29 is 23.0 Å². The van der Waals surface area contributed by atoms with Gasteiger partial charge in [0.05, 0.1) is 19.8 Å². The molecular weight excluding hydrogens is 280 g/mol. The zero-order valence-corrected chi connectivity index (χ0v) is 11.4. The minimum absolute atomic E-state index is 0. The highest BCUT2D eigenvalue weighted by atomic mass is 35.5. The molecule has 0 bridgehead atoms. The van der Waals surface area contributed by atoms with Crippen LogP contribution < -0.4 is 10.5 Å². The summed E-state index contributed by atoms with van der Waals surface area (Å²) in [6.45, 7) is 1.58. The van der Waals surface area contributed by atoms with Crippen LogP contribution in [0.15, 0.2) is 18.2 Å². The van der Waals surface area contributed by atoms with E-state index in [2.05, 4.69) is 4.74 Å². The number of benzene rings is 1. The van der Waals surface area contributed by atoms with Gasteiger partial charge in [0, 0.05) is 5.56 Å². The van der Waals surface area contributed by atoms with Crippen LogP contribution in [0.2, 0.25) is 0 Å². The van der Waals surface area contributed by atoms with Crippen LogP contribution in [0.25, 0.3) is 0 Å². The topological polar surface area (TPSA) is 61.5 Å². The van der Waals surface area contributed by atoms with Crippen LogP contribution in [0.4, 0.5) is 8.78 Å². The van der Waals surface area contributed by atoms with Crippen molar-refractivity contribution in [2.75, 3.05) is 13.7 Å². The minimum atomic E-state index is -2.12. The molecule has 0 saturated heterocycles. The maximum atomic E-state index is 13.7. The highest BCUT2D eigenvalue weighted by Gasteiger charge is 2.29. The zero-order valence-electron chi connectivity index (χ0n) is 10.6. The van der Waals surface area contributed by atoms with Crippen LogP contribution in [0, 0.1) is 5.82 Å². The van der Waals surface area contributed by atoms with E-state index in [-0.39, 0.29) is 24.6 Å². The summed E-state index contributed by atoms with van der Waals surface area (Å²) in [6.07, 6.45) is -2.12. The summed E-state index contributed by atoms with van der Waals surface area (Å²) in [5.74, 6) is -1.47. The van der Waals surface area contributed by atoms with E-state index in [1.54, 1.807) is 6.92 Å². The van der Waals surface area contributed by atoms with Crippen LogP contribution in [0.5, 0.6) is 5.75 Å². The van der Waals surface area contributed by atoms with Crippen molar-refractivity contribution >= 4 is 18.4 Å². The maximum Gasteiger partial charge on any atom is 0.342 e. The highest BCUT2D eigenvalue weighted by molar-refractivity contribution is 5.85. The van der Waals surface area contributed by atoms with Crippen LogP contribution in [0.1, 0.15) is 18.5 Å². The van der Waals surface area contributed by atoms with Crippen LogP contribution in [-0.4, -0.2) is 25.9 Å². The highest BCUT2D eigenvalue weighted by Crippen LogP contribution is 2.25. The molecule has 2 atom stereocenters. The fourth-order valence-corrected chi connectivity index (χ4v) is 1.43. The van der Waals surface area contributed by atoms with Crippen LogP contribution in [-0.2, 0) is 9.53 Å². The SMILES string of the molecule is CCOC(=O)C(F)[C@H](N)c1cc(OC)ccc1F.Cl. The van der Waals surface area contributed by atoms with Gasteiger partial charge in [-0.25, -0.2) is 13.6 Å². The van der Waals surface area contributed by atoms with Gasteiger partial charge in [0.25, 0.3) is 0 Å². The average molecular weight is 296 g/mol. The first-order chi connectivity index (χ1) is 8.51. The Bertz CT molecular complexity index is 431. The second-order valence-corrected chi connectivity index (χ2v) is 3.57. The first kappa shape index (κ1) is 17.6. The Morgan fingerprint density at radius 2 is 2.11 bits per heavy atom. The third kappa shape index (κ3) is 4.33. The maximum absolute atomic E-state index is 13.7. The molecule has 1 unspecified atom stereocenters. The van der Waals surface area contributed by atoms with Gasteiger partial charge in [0.15, 0.2) is 0 Å². The predicted octanol–water partition coefficient (Wildman–Crippen LogP) is 2.16. The van der Waals surface area contributed by atoms with E-state index < -0.39 is 24.0 Å². The monoisotopic (exact) mass is 295 g/mol. The molecular formula is C12H16ClF2NO3. The molecule has 7 heteroatoms. The quantitative estimate of drug-likeness (QED) is 0.846. The average Bonchev–Trinajstić information content (AvgIpc) is 2.38. The number of alkyl halides is 1.